The van der Waals surface area contributed by atoms with Gasteiger partial charge in [0.05, 0.1) is 0 Å². The van der Waals surface area contributed by atoms with Gasteiger partial charge in [-0.3, -0.25) is 9.59 Å². The van der Waals surface area contributed by atoms with Crippen LogP contribution in [-0.2, 0) is 9.59 Å². The predicted molar refractivity (Wildman–Crippen MR) is 138 cm³/mol. The molecule has 172 valence electrons. The van der Waals surface area contributed by atoms with Gasteiger partial charge in [0.2, 0.25) is 5.91 Å². The molecule has 1 unspecified atom stereocenters. The van der Waals surface area contributed by atoms with E-state index in [1.165, 1.54) is 23.6 Å². The number of benzene rings is 2. The van der Waals surface area contributed by atoms with E-state index >= 15 is 0 Å². The van der Waals surface area contributed by atoms with Gasteiger partial charge < -0.3 is 10.6 Å². The summed E-state index contributed by atoms with van der Waals surface area (Å²) in [4.78, 5) is 22.3. The van der Waals surface area contributed by atoms with Crippen molar-refractivity contribution in [2.24, 2.45) is 5.92 Å². The van der Waals surface area contributed by atoms with Crippen LogP contribution in [0.4, 0.5) is 11.4 Å². The minimum Gasteiger partial charge on any atom is -0.355 e. The number of ketones is 1. The van der Waals surface area contributed by atoms with Gasteiger partial charge >= 0.3 is 0 Å². The summed E-state index contributed by atoms with van der Waals surface area (Å²) in [6.45, 7) is 13.6. The lowest BCUT2D eigenvalue weighted by atomic mass is 9.69. The van der Waals surface area contributed by atoms with Crippen LogP contribution >= 0.6 is 0 Å². The van der Waals surface area contributed by atoms with E-state index in [2.05, 4.69) is 49.3 Å². The van der Waals surface area contributed by atoms with E-state index in [9.17, 15) is 9.59 Å². The van der Waals surface area contributed by atoms with Crippen molar-refractivity contribution in [1.82, 2.24) is 0 Å². The summed E-state index contributed by atoms with van der Waals surface area (Å²) in [6.07, 6.45) is 5.47. The summed E-state index contributed by atoms with van der Waals surface area (Å²) in [6, 6.07) is 14.0. The number of carbonyl (C=O) groups is 2. The van der Waals surface area contributed by atoms with Gasteiger partial charge in [0.15, 0.2) is 5.78 Å². The molecular formula is C29H34N2O2. The van der Waals surface area contributed by atoms with Gasteiger partial charge in [-0.15, -0.1) is 0 Å². The molecule has 0 aliphatic heterocycles. The molecule has 1 amide bonds. The molecule has 1 saturated carbocycles. The Kier molecular flexibility index (Phi) is 7.70. The number of hydrogen-bond acceptors (Lipinski definition) is 3. The first-order valence-electron chi connectivity index (χ1n) is 11.5. The van der Waals surface area contributed by atoms with Crippen LogP contribution in [0.3, 0.4) is 0 Å². The maximum Gasteiger partial charge on any atom is 0.221 e. The molecule has 4 rings (SSSR count). The van der Waals surface area contributed by atoms with Crippen molar-refractivity contribution in [3.63, 3.8) is 0 Å². The molecule has 2 aromatic carbocycles. The van der Waals surface area contributed by atoms with E-state index in [-0.39, 0.29) is 11.7 Å². The standard InChI is InChI=1S/C18H20N2O.C11H14O/c1-12-5-7-16(8-6-12)14(3)19-18-10-9-17(11-13(18)2)20-15(4)21;1-7-6-11-9(7)4-3-5-10(11)8(2)12/h5-11,19H,3H2,1-2,4H3,(H,20,21);4,7H,3,5-6H2,1-2H3. The van der Waals surface area contributed by atoms with E-state index in [0.29, 0.717) is 5.92 Å². The fourth-order valence-electron chi connectivity index (χ4n) is 4.31. The van der Waals surface area contributed by atoms with Gasteiger partial charge in [0, 0.05) is 24.0 Å². The molecule has 2 aromatic rings. The number of rotatable bonds is 5. The Bertz CT molecular complexity index is 1140. The summed E-state index contributed by atoms with van der Waals surface area (Å²) < 4.78 is 0. The largest absolute Gasteiger partial charge is 0.355 e. The predicted octanol–water partition coefficient (Wildman–Crippen LogP) is 6.98. The molecule has 4 nitrogen and oxygen atoms in total. The number of fused-ring (bicyclic) bond motifs is 1. The molecule has 2 aliphatic rings. The van der Waals surface area contributed by atoms with Crippen molar-refractivity contribution in [2.75, 3.05) is 10.6 Å². The first-order chi connectivity index (χ1) is 15.7. The molecule has 4 heteroatoms. The molecule has 2 aliphatic carbocycles. The topological polar surface area (TPSA) is 58.2 Å². The molecule has 0 spiro atoms. The smallest absolute Gasteiger partial charge is 0.221 e. The van der Waals surface area contributed by atoms with Crippen LogP contribution in [0, 0.1) is 19.8 Å². The second-order valence-corrected chi connectivity index (χ2v) is 9.00. The molecule has 0 aromatic heterocycles. The van der Waals surface area contributed by atoms with Crippen molar-refractivity contribution in [1.29, 1.82) is 0 Å². The van der Waals surface area contributed by atoms with Crippen LogP contribution in [0.25, 0.3) is 5.70 Å². The Morgan fingerprint density at radius 3 is 2.27 bits per heavy atom. The molecule has 0 saturated heterocycles. The normalized spacial score (nSPS) is 16.4. The maximum absolute atomic E-state index is 11.2. The minimum atomic E-state index is -0.0702. The number of hydrogen-bond donors (Lipinski definition) is 2. The van der Waals surface area contributed by atoms with Crippen LogP contribution in [0.2, 0.25) is 0 Å². The molecule has 0 radical (unpaired) electrons. The van der Waals surface area contributed by atoms with Gasteiger partial charge in [-0.25, -0.2) is 0 Å². The summed E-state index contributed by atoms with van der Waals surface area (Å²) in [5.74, 6) is 0.913. The van der Waals surface area contributed by atoms with Crippen molar-refractivity contribution in [3.05, 3.63) is 88.5 Å². The van der Waals surface area contributed by atoms with Crippen molar-refractivity contribution < 1.29 is 9.59 Å². The Labute approximate surface area is 197 Å². The quantitative estimate of drug-likeness (QED) is 0.525. The van der Waals surface area contributed by atoms with Crippen LogP contribution in [-0.4, -0.2) is 11.7 Å². The number of aryl methyl sites for hydroxylation is 2. The average Bonchev–Trinajstić information content (AvgIpc) is 2.75. The number of allylic oxidation sites excluding steroid dienone is 4. The fraction of sp³-hybridized carbons (Fsp3) is 0.310. The zero-order valence-corrected chi connectivity index (χ0v) is 20.3. The third-order valence-electron chi connectivity index (χ3n) is 6.17. The third kappa shape index (κ3) is 6.10. The molecule has 0 bridgehead atoms. The molecule has 1 fully saturated rings. The molecule has 0 heterocycles. The SMILES string of the molecule is C=C(Nc1ccc(NC(C)=O)cc1C)c1ccc(C)cc1.CC(=O)C1=C2CC(C)C2=CCC1. The lowest BCUT2D eigenvalue weighted by Gasteiger charge is -2.35. The number of Topliss-reactive ketones (excluding diaryl/α,β-unsaturated/α-hetero) is 1. The molecular weight excluding hydrogens is 408 g/mol. The summed E-state index contributed by atoms with van der Waals surface area (Å²) in [7, 11) is 0. The summed E-state index contributed by atoms with van der Waals surface area (Å²) >= 11 is 0. The number of nitrogens with one attached hydrogen (secondary N) is 2. The monoisotopic (exact) mass is 442 g/mol. The van der Waals surface area contributed by atoms with E-state index in [1.807, 2.05) is 37.3 Å². The maximum atomic E-state index is 11.2. The highest BCUT2D eigenvalue weighted by atomic mass is 16.1. The van der Waals surface area contributed by atoms with Crippen molar-refractivity contribution >= 4 is 28.8 Å². The van der Waals surface area contributed by atoms with Gasteiger partial charge in [-0.2, -0.15) is 0 Å². The van der Waals surface area contributed by atoms with Crippen LogP contribution in [0.15, 0.2) is 71.8 Å². The minimum absolute atomic E-state index is 0.0702. The van der Waals surface area contributed by atoms with Crippen molar-refractivity contribution in [3.8, 4) is 0 Å². The van der Waals surface area contributed by atoms with Crippen LogP contribution < -0.4 is 10.6 Å². The lowest BCUT2D eigenvalue weighted by Crippen LogP contribution is -2.22. The van der Waals surface area contributed by atoms with Crippen LogP contribution in [0.5, 0.6) is 0 Å². The van der Waals surface area contributed by atoms with E-state index in [4.69, 9.17) is 0 Å². The third-order valence-corrected chi connectivity index (χ3v) is 6.17. The highest BCUT2D eigenvalue weighted by Gasteiger charge is 2.31. The lowest BCUT2D eigenvalue weighted by molar-refractivity contribution is -0.114. The first-order valence-corrected chi connectivity index (χ1v) is 11.5. The zero-order valence-electron chi connectivity index (χ0n) is 20.3. The van der Waals surface area contributed by atoms with Gasteiger partial charge in [-0.05, 0) is 92.0 Å². The summed E-state index contributed by atoms with van der Waals surface area (Å²) in [5, 5.41) is 6.09. The molecule has 33 heavy (non-hydrogen) atoms. The number of anilines is 2. The first kappa shape index (κ1) is 24.2. The van der Waals surface area contributed by atoms with Crippen molar-refractivity contribution in [2.45, 2.75) is 53.9 Å². The number of carbonyl (C=O) groups excluding carboxylic acids is 2. The zero-order chi connectivity index (χ0) is 24.1. The Morgan fingerprint density at radius 1 is 1.00 bits per heavy atom. The van der Waals surface area contributed by atoms with E-state index in [0.717, 1.165) is 53.0 Å². The Balaban J connectivity index is 0.000000215. The second kappa shape index (κ2) is 10.5. The Hall–Kier alpha value is -3.40. The second-order valence-electron chi connectivity index (χ2n) is 9.00. The summed E-state index contributed by atoms with van der Waals surface area (Å²) in [5.41, 5.74) is 9.88. The van der Waals surface area contributed by atoms with Gasteiger partial charge in [0.1, 0.15) is 0 Å². The fourth-order valence-corrected chi connectivity index (χ4v) is 4.31. The van der Waals surface area contributed by atoms with Crippen LogP contribution in [0.1, 0.15) is 56.7 Å². The highest BCUT2D eigenvalue weighted by molar-refractivity contribution is 5.95. The van der Waals surface area contributed by atoms with Gasteiger partial charge in [-0.1, -0.05) is 49.4 Å². The van der Waals surface area contributed by atoms with E-state index in [1.54, 1.807) is 6.92 Å². The van der Waals surface area contributed by atoms with E-state index < -0.39 is 0 Å². The molecule has 1 atom stereocenters. The average molecular weight is 443 g/mol. The Morgan fingerprint density at radius 2 is 1.70 bits per heavy atom. The molecule has 2 N–H and O–H groups in total. The number of amides is 1. The highest BCUT2D eigenvalue weighted by Crippen LogP contribution is 2.44. The van der Waals surface area contributed by atoms with Gasteiger partial charge in [0.25, 0.3) is 0 Å².